The van der Waals surface area contributed by atoms with Gasteiger partial charge in [0, 0.05) is 70.8 Å². The Kier molecular flexibility index (Phi) is 8.56. The summed E-state index contributed by atoms with van der Waals surface area (Å²) in [7, 11) is -1.97. The quantitative estimate of drug-likeness (QED) is 0.154. The van der Waals surface area contributed by atoms with Gasteiger partial charge < -0.3 is 19.6 Å². The Morgan fingerprint density at radius 1 is 0.279 bits per heavy atom. The predicted molar refractivity (Wildman–Crippen MR) is 286 cm³/mol. The molecular weight excluding hydrogens is 844 g/mol. The Morgan fingerprint density at radius 3 is 0.985 bits per heavy atom. The maximum atomic E-state index is 2.58. The Bertz CT molecular complexity index is 3410. The van der Waals surface area contributed by atoms with E-state index in [0.717, 1.165) is 22.7 Å². The van der Waals surface area contributed by atoms with Crippen molar-refractivity contribution in [3.05, 3.63) is 248 Å². The lowest BCUT2D eigenvalue weighted by atomic mass is 9.32. The first-order valence-electron chi connectivity index (χ1n) is 23.5. The lowest BCUT2D eigenvalue weighted by Gasteiger charge is -2.51. The third-order valence-corrected chi connectivity index (χ3v) is 18.4. The van der Waals surface area contributed by atoms with Crippen molar-refractivity contribution in [3.63, 3.8) is 0 Å². The number of hydrogen-bond acceptors (Lipinski definition) is 4. The minimum atomic E-state index is -1.97. The van der Waals surface area contributed by atoms with E-state index < -0.39 is 10.0 Å². The van der Waals surface area contributed by atoms with E-state index in [9.17, 15) is 0 Å². The zero-order chi connectivity index (χ0) is 45.1. The molecule has 4 aliphatic rings. The Hall–Kier alpha value is -8.19. The summed E-state index contributed by atoms with van der Waals surface area (Å²) < 4.78 is 0. The predicted octanol–water partition coefficient (Wildman–Crippen LogP) is 15.3. The first kappa shape index (κ1) is 39.0. The molecule has 0 aliphatic carbocycles. The maximum Gasteiger partial charge on any atom is 0.257 e. The van der Waals surface area contributed by atoms with Crippen molar-refractivity contribution < 1.29 is 0 Å². The number of para-hydroxylation sites is 3. The zero-order valence-electron chi connectivity index (χ0n) is 37.8. The summed E-state index contributed by atoms with van der Waals surface area (Å²) in [5.74, 6) is 0. The highest BCUT2D eigenvalue weighted by Crippen LogP contribution is 2.79. The Labute approximate surface area is 400 Å². The van der Waals surface area contributed by atoms with Gasteiger partial charge in [0.2, 0.25) is 0 Å². The smallest absolute Gasteiger partial charge is 0.257 e. The molecular formula is C62H45BN4S. The molecule has 68 heavy (non-hydrogen) atoms. The highest BCUT2D eigenvalue weighted by molar-refractivity contribution is 8.34. The van der Waals surface area contributed by atoms with Gasteiger partial charge in [-0.3, -0.25) is 0 Å². The van der Waals surface area contributed by atoms with E-state index in [-0.39, 0.29) is 6.71 Å². The number of rotatable bonds is 6. The van der Waals surface area contributed by atoms with Crippen molar-refractivity contribution in [3.8, 4) is 0 Å². The first-order valence-corrected chi connectivity index (χ1v) is 25.2. The van der Waals surface area contributed by atoms with Crippen molar-refractivity contribution in [2.45, 2.75) is 33.4 Å². The minimum Gasteiger partial charge on any atom is -0.311 e. The van der Waals surface area contributed by atoms with E-state index in [0.29, 0.717) is 0 Å². The van der Waals surface area contributed by atoms with Crippen LogP contribution in [0.5, 0.6) is 0 Å². The van der Waals surface area contributed by atoms with Crippen LogP contribution in [0.3, 0.4) is 0 Å². The van der Waals surface area contributed by atoms with Crippen molar-refractivity contribution >= 4 is 101 Å². The second-order valence-corrected chi connectivity index (χ2v) is 21.3. The summed E-state index contributed by atoms with van der Waals surface area (Å²) in [6.07, 6.45) is 0. The van der Waals surface area contributed by atoms with E-state index >= 15 is 0 Å². The van der Waals surface area contributed by atoms with Gasteiger partial charge in [0.05, 0.1) is 17.1 Å². The zero-order valence-corrected chi connectivity index (χ0v) is 38.6. The Morgan fingerprint density at radius 2 is 0.603 bits per heavy atom. The van der Waals surface area contributed by atoms with Gasteiger partial charge in [0.1, 0.15) is 0 Å². The molecule has 0 fully saturated rings. The third kappa shape index (κ3) is 5.41. The molecule has 10 aromatic rings. The van der Waals surface area contributed by atoms with Crippen LogP contribution in [0.25, 0.3) is 0 Å². The summed E-state index contributed by atoms with van der Waals surface area (Å²) in [4.78, 5) is 15.5. The van der Waals surface area contributed by atoms with Gasteiger partial charge in [-0.25, -0.2) is 0 Å². The average Bonchev–Trinajstić information content (AvgIpc) is 3.39. The first-order chi connectivity index (χ1) is 33.6. The molecule has 4 nitrogen and oxygen atoms in total. The molecule has 0 saturated heterocycles. The van der Waals surface area contributed by atoms with Crippen LogP contribution < -0.4 is 36.0 Å². The van der Waals surface area contributed by atoms with Crippen LogP contribution in [0.2, 0.25) is 0 Å². The molecule has 0 radical (unpaired) electrons. The van der Waals surface area contributed by atoms with Gasteiger partial charge in [-0.05, 0) is 163 Å². The molecule has 322 valence electrons. The number of nitrogens with zero attached hydrogens (tertiary/aromatic N) is 4. The maximum absolute atomic E-state index is 2.58. The molecule has 0 N–H and O–H groups in total. The molecule has 0 bridgehead atoms. The number of benzene rings is 10. The third-order valence-electron chi connectivity index (χ3n) is 14.4. The van der Waals surface area contributed by atoms with Crippen LogP contribution in [-0.2, 0) is 0 Å². The molecule has 0 amide bonds. The number of aryl methyl sites for hydroxylation is 2. The fraction of sp³-hybridized carbons (Fsp3) is 0.0323. The minimum absolute atomic E-state index is 0.00850. The van der Waals surface area contributed by atoms with Crippen molar-refractivity contribution in [1.82, 2.24) is 0 Å². The molecule has 0 saturated carbocycles. The van der Waals surface area contributed by atoms with Crippen LogP contribution in [0.1, 0.15) is 11.1 Å². The summed E-state index contributed by atoms with van der Waals surface area (Å²) >= 11 is 0. The van der Waals surface area contributed by atoms with E-state index in [2.05, 4.69) is 270 Å². The molecule has 6 heteroatoms. The van der Waals surface area contributed by atoms with Gasteiger partial charge in [0.15, 0.2) is 0 Å². The lowest BCUT2D eigenvalue weighted by Crippen LogP contribution is -2.64. The number of hydrogen-bond donors (Lipinski definition) is 0. The highest BCUT2D eigenvalue weighted by Gasteiger charge is 2.50. The normalized spacial score (nSPS) is 14.8. The molecule has 0 aromatic heterocycles. The fourth-order valence-corrected chi connectivity index (χ4v) is 16.1. The highest BCUT2D eigenvalue weighted by atomic mass is 32.3. The van der Waals surface area contributed by atoms with Crippen molar-refractivity contribution in [2.75, 3.05) is 19.6 Å². The van der Waals surface area contributed by atoms with Crippen molar-refractivity contribution in [2.24, 2.45) is 0 Å². The topological polar surface area (TPSA) is 13.0 Å². The summed E-state index contributed by atoms with van der Waals surface area (Å²) in [6.45, 7) is 4.48. The van der Waals surface area contributed by atoms with Crippen LogP contribution in [0, 0.1) is 13.8 Å². The largest absolute Gasteiger partial charge is 0.311 e. The summed E-state index contributed by atoms with van der Waals surface area (Å²) in [5, 5.41) is 0. The average molecular weight is 889 g/mol. The number of fused-ring (bicyclic) bond motifs is 2. The Balaban J connectivity index is 1.11. The van der Waals surface area contributed by atoms with E-state index in [1.807, 2.05) is 0 Å². The van der Waals surface area contributed by atoms with Crippen LogP contribution in [0.4, 0.5) is 68.2 Å². The molecule has 0 atom stereocenters. The van der Waals surface area contributed by atoms with Crippen LogP contribution in [-0.4, -0.2) is 6.71 Å². The second kappa shape index (κ2) is 14.9. The van der Waals surface area contributed by atoms with Gasteiger partial charge in [0.25, 0.3) is 6.71 Å². The van der Waals surface area contributed by atoms with E-state index in [1.165, 1.54) is 92.6 Å². The van der Waals surface area contributed by atoms with E-state index in [1.54, 1.807) is 0 Å². The molecule has 4 aliphatic heterocycles. The van der Waals surface area contributed by atoms with Crippen molar-refractivity contribution in [1.29, 1.82) is 0 Å². The summed E-state index contributed by atoms with van der Waals surface area (Å²) in [5.41, 5.74) is 20.6. The lowest BCUT2D eigenvalue weighted by molar-refractivity contribution is 1.10. The van der Waals surface area contributed by atoms with E-state index in [4.69, 9.17) is 0 Å². The molecule has 14 rings (SSSR count). The second-order valence-electron chi connectivity index (χ2n) is 18.3. The van der Waals surface area contributed by atoms with Gasteiger partial charge in [-0.1, -0.05) is 115 Å². The molecule has 0 spiro atoms. The SMILES string of the molecule is Cc1ccc2c(c1)S(c1ccccc1)(c1ccccc1)c1cc(C)ccc1N2c1cc2c3c(c1)N(c1ccccc1)c1cccc4c1B3c1c(cccc1N2c1ccccc1)N4c1ccccc1. The fourth-order valence-electron chi connectivity index (χ4n) is 11.8. The molecule has 4 heterocycles. The standard InChI is InChI=1S/C62H45BN4S/c1-42-34-36-50-58(38-42)68(48-26-14-6-15-27-48,49-28-16-7-17-29-49)59-39-43(2)35-37-51(59)67(50)47-40-56-62-57(41-47)66(46-24-12-5-13-25-46)55-33-19-31-53-61(55)63(62)60-52(64(53)44-20-8-3-9-21-44)30-18-32-54(60)65(56)45-22-10-4-11-23-45/h3-41H,1-2H3. The van der Waals surface area contributed by atoms with Gasteiger partial charge in [-0.15, -0.1) is 10.0 Å². The van der Waals surface area contributed by atoms with Gasteiger partial charge in [-0.2, -0.15) is 0 Å². The van der Waals surface area contributed by atoms with Crippen LogP contribution >= 0.6 is 10.0 Å². The summed E-state index contributed by atoms with van der Waals surface area (Å²) in [6, 6.07) is 88.6. The molecule has 10 aromatic carbocycles. The number of anilines is 12. The monoisotopic (exact) mass is 888 g/mol. The molecule has 0 unspecified atom stereocenters. The van der Waals surface area contributed by atoms with Gasteiger partial charge >= 0.3 is 0 Å². The van der Waals surface area contributed by atoms with Crippen LogP contribution in [0.15, 0.2) is 256 Å².